The molecule has 1 saturated carbocycles. The molecule has 1 N–H and O–H groups in total. The van der Waals surface area contributed by atoms with Crippen LogP contribution in [0.3, 0.4) is 0 Å². The predicted octanol–water partition coefficient (Wildman–Crippen LogP) is 2.54. The van der Waals surface area contributed by atoms with Crippen molar-refractivity contribution >= 4 is 16.0 Å². The Bertz CT molecular complexity index is 666. The van der Waals surface area contributed by atoms with E-state index in [1.807, 2.05) is 0 Å². The molecule has 1 aliphatic carbocycles. The molecular formula is C14H16F3NO4S. The summed E-state index contributed by atoms with van der Waals surface area (Å²) in [6.07, 6.45) is 2.21. The first-order valence-electron chi connectivity index (χ1n) is 6.98. The highest BCUT2D eigenvalue weighted by Crippen LogP contribution is 2.29. The van der Waals surface area contributed by atoms with Gasteiger partial charge >= 0.3 is 15.6 Å². The van der Waals surface area contributed by atoms with Crippen molar-refractivity contribution in [1.82, 2.24) is 5.32 Å². The molecule has 0 aliphatic heterocycles. The molecule has 0 spiro atoms. The third kappa shape index (κ3) is 4.60. The van der Waals surface area contributed by atoms with E-state index < -0.39 is 27.3 Å². The van der Waals surface area contributed by atoms with Gasteiger partial charge in [0.1, 0.15) is 5.75 Å². The van der Waals surface area contributed by atoms with Gasteiger partial charge in [-0.25, -0.2) is 0 Å². The first-order valence-corrected chi connectivity index (χ1v) is 8.39. The number of amides is 1. The smallest absolute Gasteiger partial charge is 0.376 e. The number of hydrogen-bond donors (Lipinski definition) is 1. The van der Waals surface area contributed by atoms with Gasteiger partial charge < -0.3 is 9.50 Å². The lowest BCUT2D eigenvalue weighted by molar-refractivity contribution is -0.122. The van der Waals surface area contributed by atoms with Crippen molar-refractivity contribution in [2.45, 2.75) is 31.2 Å². The Kier molecular flexibility index (Phi) is 4.88. The third-order valence-electron chi connectivity index (χ3n) is 3.52. The zero-order chi connectivity index (χ0) is 17.3. The molecule has 1 amide bonds. The highest BCUT2D eigenvalue weighted by atomic mass is 32.2. The zero-order valence-electron chi connectivity index (χ0n) is 12.3. The number of carbonyl (C=O) groups is 1. The Morgan fingerprint density at radius 1 is 1.30 bits per heavy atom. The molecule has 0 bridgehead atoms. The van der Waals surface area contributed by atoms with Crippen molar-refractivity contribution in [2.75, 3.05) is 6.54 Å². The van der Waals surface area contributed by atoms with Crippen molar-refractivity contribution in [2.24, 2.45) is 5.92 Å². The average molecular weight is 351 g/mol. The number of carbonyl (C=O) groups excluding carboxylic acids is 1. The van der Waals surface area contributed by atoms with Gasteiger partial charge in [0.05, 0.1) is 5.92 Å². The maximum Gasteiger partial charge on any atom is 0.534 e. The molecule has 1 aliphatic rings. The minimum Gasteiger partial charge on any atom is -0.376 e. The molecule has 2 rings (SSSR count). The minimum atomic E-state index is -5.69. The predicted molar refractivity (Wildman–Crippen MR) is 76.2 cm³/mol. The number of benzene rings is 1. The molecule has 1 atom stereocenters. The molecule has 23 heavy (non-hydrogen) atoms. The van der Waals surface area contributed by atoms with Crippen molar-refractivity contribution in [3.8, 4) is 5.75 Å². The van der Waals surface area contributed by atoms with E-state index in [4.69, 9.17) is 0 Å². The summed E-state index contributed by atoms with van der Waals surface area (Å²) in [5.74, 6) is -0.610. The van der Waals surface area contributed by atoms with Gasteiger partial charge in [0.25, 0.3) is 0 Å². The van der Waals surface area contributed by atoms with Crippen molar-refractivity contribution in [1.29, 1.82) is 0 Å². The maximum absolute atomic E-state index is 12.2. The van der Waals surface area contributed by atoms with Crippen LogP contribution in [0.4, 0.5) is 13.2 Å². The Morgan fingerprint density at radius 2 is 1.87 bits per heavy atom. The van der Waals surface area contributed by atoms with Gasteiger partial charge in [-0.2, -0.15) is 21.6 Å². The fraction of sp³-hybridized carbons (Fsp3) is 0.500. The summed E-state index contributed by atoms with van der Waals surface area (Å²) in [7, 11) is -5.69. The molecule has 0 aromatic heterocycles. The van der Waals surface area contributed by atoms with Crippen LogP contribution in [-0.2, 0) is 14.9 Å². The van der Waals surface area contributed by atoms with Gasteiger partial charge in [-0.3, -0.25) is 4.79 Å². The van der Waals surface area contributed by atoms with Crippen LogP contribution < -0.4 is 9.50 Å². The van der Waals surface area contributed by atoms with E-state index in [2.05, 4.69) is 9.50 Å². The van der Waals surface area contributed by atoms with E-state index in [-0.39, 0.29) is 5.91 Å². The van der Waals surface area contributed by atoms with Crippen LogP contribution >= 0.6 is 0 Å². The summed E-state index contributed by atoms with van der Waals surface area (Å²) in [6, 6.07) is 4.90. The summed E-state index contributed by atoms with van der Waals surface area (Å²) in [4.78, 5) is 11.9. The Hall–Kier alpha value is -1.77. The molecule has 0 saturated heterocycles. The van der Waals surface area contributed by atoms with Crippen LogP contribution in [0.1, 0.15) is 31.2 Å². The van der Waals surface area contributed by atoms with Crippen molar-refractivity contribution in [3.05, 3.63) is 29.8 Å². The van der Waals surface area contributed by atoms with Gasteiger partial charge in [0.15, 0.2) is 0 Å². The first-order chi connectivity index (χ1) is 10.6. The molecule has 0 heterocycles. The fourth-order valence-corrected chi connectivity index (χ4v) is 2.32. The molecule has 0 radical (unpaired) electrons. The zero-order valence-corrected chi connectivity index (χ0v) is 13.1. The third-order valence-corrected chi connectivity index (χ3v) is 4.50. The Morgan fingerprint density at radius 3 is 2.35 bits per heavy atom. The summed E-state index contributed by atoms with van der Waals surface area (Å²) in [5.41, 5.74) is -4.93. The van der Waals surface area contributed by atoms with Crippen LogP contribution in [0.2, 0.25) is 0 Å². The lowest BCUT2D eigenvalue weighted by Gasteiger charge is -2.13. The molecule has 0 unspecified atom stereocenters. The molecule has 9 heteroatoms. The molecule has 1 aromatic carbocycles. The largest absolute Gasteiger partial charge is 0.534 e. The molecule has 5 nitrogen and oxygen atoms in total. The highest BCUT2D eigenvalue weighted by Gasteiger charge is 2.48. The van der Waals surface area contributed by atoms with Crippen LogP contribution in [0.5, 0.6) is 5.75 Å². The van der Waals surface area contributed by atoms with Crippen LogP contribution in [0.15, 0.2) is 24.3 Å². The number of rotatable bonds is 6. The maximum atomic E-state index is 12.2. The van der Waals surface area contributed by atoms with E-state index in [9.17, 15) is 26.4 Å². The van der Waals surface area contributed by atoms with Gasteiger partial charge in [0, 0.05) is 6.54 Å². The summed E-state index contributed by atoms with van der Waals surface area (Å²) in [6.45, 7) is 2.28. The quantitative estimate of drug-likeness (QED) is 0.631. The average Bonchev–Trinajstić information content (AvgIpc) is 3.27. The highest BCUT2D eigenvalue weighted by molar-refractivity contribution is 7.87. The number of hydrogen-bond acceptors (Lipinski definition) is 4. The van der Waals surface area contributed by atoms with E-state index in [1.165, 1.54) is 12.1 Å². The van der Waals surface area contributed by atoms with Gasteiger partial charge in [-0.1, -0.05) is 12.1 Å². The van der Waals surface area contributed by atoms with Crippen LogP contribution in [0.25, 0.3) is 0 Å². The standard InChI is InChI=1S/C14H16F3NO4S/c1-9(13(19)18-8-10-2-3-10)11-4-6-12(7-5-11)22-23(20,21)14(15,16)17/h4-7,9-10H,2-3,8H2,1H3,(H,18,19)/t9-/m1/s1. The fourth-order valence-electron chi connectivity index (χ4n) is 1.86. The SMILES string of the molecule is C[C@@H](C(=O)NCC1CC1)c1ccc(OS(=O)(=O)C(F)(F)F)cc1. The summed E-state index contributed by atoms with van der Waals surface area (Å²) < 4.78 is 62.4. The summed E-state index contributed by atoms with van der Waals surface area (Å²) in [5, 5.41) is 2.80. The minimum absolute atomic E-state index is 0.187. The normalized spacial score (nSPS) is 16.7. The monoisotopic (exact) mass is 351 g/mol. The molecule has 128 valence electrons. The van der Waals surface area contributed by atoms with Crippen LogP contribution in [-0.4, -0.2) is 26.4 Å². The Balaban J connectivity index is 1.99. The van der Waals surface area contributed by atoms with E-state index in [1.54, 1.807) is 6.92 Å². The van der Waals surface area contributed by atoms with Crippen molar-refractivity contribution < 1.29 is 30.6 Å². The number of halogens is 3. The second-order valence-corrected chi connectivity index (χ2v) is 7.00. The molecule has 1 fully saturated rings. The summed E-state index contributed by atoms with van der Waals surface area (Å²) >= 11 is 0. The Labute approximate surface area is 132 Å². The van der Waals surface area contributed by atoms with E-state index >= 15 is 0 Å². The second-order valence-electron chi connectivity index (χ2n) is 5.46. The van der Waals surface area contributed by atoms with Gasteiger partial charge in [-0.05, 0) is 43.4 Å². The lowest BCUT2D eigenvalue weighted by atomic mass is 10.0. The topological polar surface area (TPSA) is 72.5 Å². The van der Waals surface area contributed by atoms with Crippen molar-refractivity contribution in [3.63, 3.8) is 0 Å². The number of nitrogens with one attached hydrogen (secondary N) is 1. The molecular weight excluding hydrogens is 335 g/mol. The van der Waals surface area contributed by atoms with Gasteiger partial charge in [-0.15, -0.1) is 0 Å². The molecule has 1 aromatic rings. The van der Waals surface area contributed by atoms with Gasteiger partial charge in [0.2, 0.25) is 5.91 Å². The second kappa shape index (κ2) is 6.38. The number of alkyl halides is 3. The van der Waals surface area contributed by atoms with E-state index in [0.717, 1.165) is 25.0 Å². The van der Waals surface area contributed by atoms with E-state index in [0.29, 0.717) is 18.0 Å². The lowest BCUT2D eigenvalue weighted by Crippen LogP contribution is -2.29. The van der Waals surface area contributed by atoms with Crippen LogP contribution in [0, 0.1) is 5.92 Å². The first kappa shape index (κ1) is 17.6.